The fraction of sp³-hybridized carbons (Fsp3) is 0.375. The van der Waals surface area contributed by atoms with Crippen LogP contribution in [0.15, 0.2) is 27.6 Å². The summed E-state index contributed by atoms with van der Waals surface area (Å²) in [6, 6.07) is -0.133. The van der Waals surface area contributed by atoms with Crippen molar-refractivity contribution in [3.8, 4) is 0 Å². The van der Waals surface area contributed by atoms with Gasteiger partial charge in [0.25, 0.3) is 0 Å². The first-order valence-corrected chi connectivity index (χ1v) is 5.00. The van der Waals surface area contributed by atoms with Gasteiger partial charge in [-0.25, -0.2) is 4.99 Å². The molecule has 6 N–H and O–H groups in total. The highest BCUT2D eigenvalue weighted by molar-refractivity contribution is 9.11. The molecular formula is C8H14BrN5. The van der Waals surface area contributed by atoms with Crippen molar-refractivity contribution in [1.29, 1.82) is 0 Å². The van der Waals surface area contributed by atoms with Crippen LogP contribution >= 0.6 is 15.9 Å². The fourth-order valence-electron chi connectivity index (χ4n) is 1.18. The highest BCUT2D eigenvalue weighted by atomic mass is 79.9. The standard InChI is InChI=1S/C8H14BrN5/c1-12-3-5(2-10)7-8(11)13-4-6(9)14-7/h3-4,7,12,14H,2,10H2,1H3,(H2,11,13)/b5-3+. The second-order valence-electron chi connectivity index (χ2n) is 2.82. The van der Waals surface area contributed by atoms with Crippen molar-refractivity contribution in [2.24, 2.45) is 16.5 Å². The summed E-state index contributed by atoms with van der Waals surface area (Å²) in [5.41, 5.74) is 12.3. The summed E-state index contributed by atoms with van der Waals surface area (Å²) in [4.78, 5) is 4.04. The molecular weight excluding hydrogens is 246 g/mol. The number of aliphatic imine (C=N–C) groups is 1. The lowest BCUT2D eigenvalue weighted by Crippen LogP contribution is -2.45. The predicted octanol–water partition coefficient (Wildman–Crippen LogP) is -0.429. The monoisotopic (exact) mass is 259 g/mol. The van der Waals surface area contributed by atoms with Gasteiger partial charge in [0, 0.05) is 13.6 Å². The van der Waals surface area contributed by atoms with E-state index >= 15 is 0 Å². The molecule has 6 heteroatoms. The minimum absolute atomic E-state index is 0.133. The van der Waals surface area contributed by atoms with Crippen LogP contribution in [0.25, 0.3) is 0 Å². The van der Waals surface area contributed by atoms with E-state index in [1.54, 1.807) is 6.20 Å². The van der Waals surface area contributed by atoms with Gasteiger partial charge in [-0.2, -0.15) is 0 Å². The molecule has 1 aliphatic heterocycles. The predicted molar refractivity (Wildman–Crippen MR) is 61.8 cm³/mol. The Morgan fingerprint density at radius 3 is 3.14 bits per heavy atom. The van der Waals surface area contributed by atoms with E-state index in [0.717, 1.165) is 10.2 Å². The number of nitrogens with zero attached hydrogens (tertiary/aromatic N) is 1. The summed E-state index contributed by atoms with van der Waals surface area (Å²) >= 11 is 3.30. The average Bonchev–Trinajstić information content (AvgIpc) is 2.18. The molecule has 0 saturated heterocycles. The maximum absolute atomic E-state index is 5.75. The van der Waals surface area contributed by atoms with Crippen molar-refractivity contribution < 1.29 is 0 Å². The number of nitrogens with two attached hydrogens (primary N) is 2. The van der Waals surface area contributed by atoms with E-state index in [4.69, 9.17) is 11.5 Å². The van der Waals surface area contributed by atoms with Crippen LogP contribution < -0.4 is 22.1 Å². The van der Waals surface area contributed by atoms with Crippen molar-refractivity contribution >= 4 is 21.8 Å². The molecule has 0 aromatic rings. The van der Waals surface area contributed by atoms with Crippen LogP contribution in [0.2, 0.25) is 0 Å². The second kappa shape index (κ2) is 5.02. The zero-order valence-electron chi connectivity index (χ0n) is 7.92. The van der Waals surface area contributed by atoms with Gasteiger partial charge in [-0.15, -0.1) is 0 Å². The van der Waals surface area contributed by atoms with E-state index in [1.807, 2.05) is 13.2 Å². The molecule has 1 aliphatic rings. The van der Waals surface area contributed by atoms with Gasteiger partial charge in [0.05, 0.1) is 10.8 Å². The van der Waals surface area contributed by atoms with Crippen molar-refractivity contribution in [2.75, 3.05) is 13.6 Å². The Kier molecular flexibility index (Phi) is 3.97. The molecule has 0 spiro atoms. The zero-order valence-corrected chi connectivity index (χ0v) is 9.51. The van der Waals surface area contributed by atoms with E-state index in [-0.39, 0.29) is 6.04 Å². The third kappa shape index (κ3) is 2.49. The lowest BCUT2D eigenvalue weighted by atomic mass is 10.1. The molecule has 1 atom stereocenters. The number of nitrogens with one attached hydrogen (secondary N) is 2. The van der Waals surface area contributed by atoms with Crippen LogP contribution in [0.5, 0.6) is 0 Å². The Bertz CT molecular complexity index is 294. The Balaban J connectivity index is 2.83. The molecule has 0 fully saturated rings. The Morgan fingerprint density at radius 2 is 2.57 bits per heavy atom. The maximum atomic E-state index is 5.75. The van der Waals surface area contributed by atoms with Gasteiger partial charge in [-0.1, -0.05) is 0 Å². The third-order valence-corrected chi connectivity index (χ3v) is 2.27. The Morgan fingerprint density at radius 1 is 1.86 bits per heavy atom. The van der Waals surface area contributed by atoms with Gasteiger partial charge in [-0.05, 0) is 27.7 Å². The van der Waals surface area contributed by atoms with Crippen molar-refractivity contribution in [3.63, 3.8) is 0 Å². The van der Waals surface area contributed by atoms with Gasteiger partial charge < -0.3 is 22.1 Å². The number of hydrogen-bond donors (Lipinski definition) is 4. The third-order valence-electron chi connectivity index (χ3n) is 1.84. The summed E-state index contributed by atoms with van der Waals surface area (Å²) in [7, 11) is 1.82. The zero-order chi connectivity index (χ0) is 10.6. The summed E-state index contributed by atoms with van der Waals surface area (Å²) < 4.78 is 0.798. The summed E-state index contributed by atoms with van der Waals surface area (Å²) in [6.45, 7) is 0.426. The van der Waals surface area contributed by atoms with Crippen LogP contribution in [0, 0.1) is 0 Å². The lowest BCUT2D eigenvalue weighted by Gasteiger charge is -2.23. The molecule has 1 unspecified atom stereocenters. The van der Waals surface area contributed by atoms with Gasteiger partial charge in [-0.3, -0.25) is 0 Å². The van der Waals surface area contributed by atoms with Crippen LogP contribution in [-0.4, -0.2) is 25.5 Å². The first-order chi connectivity index (χ1) is 6.69. The highest BCUT2D eigenvalue weighted by Crippen LogP contribution is 2.12. The van der Waals surface area contributed by atoms with Crippen LogP contribution in [0.3, 0.4) is 0 Å². The van der Waals surface area contributed by atoms with E-state index in [1.165, 1.54) is 0 Å². The molecule has 0 aromatic heterocycles. The van der Waals surface area contributed by atoms with Crippen molar-refractivity contribution in [2.45, 2.75) is 6.04 Å². The van der Waals surface area contributed by atoms with E-state index in [9.17, 15) is 0 Å². The fourth-order valence-corrected chi connectivity index (χ4v) is 1.51. The number of amidine groups is 1. The summed E-state index contributed by atoms with van der Waals surface area (Å²) in [5.74, 6) is 0.514. The topological polar surface area (TPSA) is 88.5 Å². The normalized spacial score (nSPS) is 22.2. The minimum Gasteiger partial charge on any atom is -0.394 e. The molecule has 0 aromatic carbocycles. The molecule has 5 nitrogen and oxygen atoms in total. The SMILES string of the molecule is CN/C=C(\CN)C1NC(Br)=CN=C1N. The van der Waals surface area contributed by atoms with Crippen molar-refractivity contribution in [3.05, 3.63) is 22.6 Å². The largest absolute Gasteiger partial charge is 0.394 e. The molecule has 14 heavy (non-hydrogen) atoms. The quantitative estimate of drug-likeness (QED) is 0.518. The second-order valence-corrected chi connectivity index (χ2v) is 3.67. The van der Waals surface area contributed by atoms with Gasteiger partial charge >= 0.3 is 0 Å². The molecule has 0 bridgehead atoms. The average molecular weight is 260 g/mol. The minimum atomic E-state index is -0.133. The van der Waals surface area contributed by atoms with E-state index < -0.39 is 0 Å². The number of hydrogen-bond acceptors (Lipinski definition) is 5. The van der Waals surface area contributed by atoms with Crippen molar-refractivity contribution in [1.82, 2.24) is 10.6 Å². The summed E-state index contributed by atoms with van der Waals surface area (Å²) in [6.07, 6.45) is 3.45. The molecule has 0 radical (unpaired) electrons. The first-order valence-electron chi connectivity index (χ1n) is 4.20. The van der Waals surface area contributed by atoms with E-state index in [0.29, 0.717) is 12.4 Å². The van der Waals surface area contributed by atoms with Crippen LogP contribution in [0.4, 0.5) is 0 Å². The van der Waals surface area contributed by atoms with Gasteiger partial charge in [0.15, 0.2) is 0 Å². The lowest BCUT2D eigenvalue weighted by molar-refractivity contribution is 0.769. The number of halogens is 1. The summed E-state index contributed by atoms with van der Waals surface area (Å²) in [5, 5.41) is 6.06. The van der Waals surface area contributed by atoms with Gasteiger partial charge in [0.1, 0.15) is 11.9 Å². The molecule has 0 saturated carbocycles. The maximum Gasteiger partial charge on any atom is 0.126 e. The molecule has 78 valence electrons. The Labute approximate surface area is 91.5 Å². The first kappa shape index (κ1) is 11.1. The van der Waals surface area contributed by atoms with Crippen LogP contribution in [-0.2, 0) is 0 Å². The Hall–Kier alpha value is -1.01. The molecule has 1 heterocycles. The van der Waals surface area contributed by atoms with Gasteiger partial charge in [0.2, 0.25) is 0 Å². The molecule has 1 rings (SSSR count). The highest BCUT2D eigenvalue weighted by Gasteiger charge is 2.20. The number of rotatable bonds is 3. The van der Waals surface area contributed by atoms with Crippen LogP contribution in [0.1, 0.15) is 0 Å². The molecule has 0 amide bonds. The molecule has 0 aliphatic carbocycles. The van der Waals surface area contributed by atoms with E-state index in [2.05, 4.69) is 31.6 Å². The smallest absolute Gasteiger partial charge is 0.126 e.